The summed E-state index contributed by atoms with van der Waals surface area (Å²) in [5.74, 6) is -1.84. The number of rotatable bonds is 4. The summed E-state index contributed by atoms with van der Waals surface area (Å²) in [6, 6.07) is 3.60. The quantitative estimate of drug-likeness (QED) is 0.829. The predicted molar refractivity (Wildman–Crippen MR) is 55.1 cm³/mol. The Morgan fingerprint density at radius 1 is 1.29 bits per heavy atom. The minimum absolute atomic E-state index is 0.212. The third-order valence-electron chi connectivity index (χ3n) is 1.94. The van der Waals surface area contributed by atoms with E-state index in [0.717, 1.165) is 12.1 Å². The highest BCUT2D eigenvalue weighted by Gasteiger charge is 2.32. The lowest BCUT2D eigenvalue weighted by Gasteiger charge is -2.11. The molecule has 0 bridgehead atoms. The van der Waals surface area contributed by atoms with Gasteiger partial charge in [-0.3, -0.25) is 0 Å². The van der Waals surface area contributed by atoms with Crippen LogP contribution in [-0.2, 0) is 6.54 Å². The minimum Gasteiger partial charge on any atom is -0.403 e. The zero-order valence-corrected chi connectivity index (χ0v) is 9.44. The molecule has 1 rings (SSSR count). The lowest BCUT2D eigenvalue weighted by molar-refractivity contribution is -0.275. The van der Waals surface area contributed by atoms with E-state index in [-0.39, 0.29) is 6.04 Å². The molecule has 1 N–H and O–H groups in total. The topological polar surface area (TPSA) is 21.3 Å². The molecule has 0 heterocycles. The van der Waals surface area contributed by atoms with Crippen LogP contribution in [-0.4, -0.2) is 12.4 Å². The Morgan fingerprint density at radius 2 is 1.94 bits per heavy atom. The summed E-state index contributed by atoms with van der Waals surface area (Å²) in [6.45, 7) is 4.22. The average molecular weight is 251 g/mol. The van der Waals surface area contributed by atoms with Gasteiger partial charge in [0.15, 0.2) is 11.6 Å². The van der Waals surface area contributed by atoms with Crippen molar-refractivity contribution in [3.63, 3.8) is 0 Å². The van der Waals surface area contributed by atoms with Crippen LogP contribution in [0.3, 0.4) is 0 Å². The number of ether oxygens (including phenoxy) is 1. The van der Waals surface area contributed by atoms with E-state index < -0.39 is 17.9 Å². The molecule has 6 heteroatoms. The van der Waals surface area contributed by atoms with Gasteiger partial charge in [-0.05, 0) is 17.7 Å². The van der Waals surface area contributed by atoms with E-state index in [9.17, 15) is 17.6 Å². The first-order valence-electron chi connectivity index (χ1n) is 5.05. The molecule has 0 amide bonds. The van der Waals surface area contributed by atoms with Crippen molar-refractivity contribution in [2.45, 2.75) is 32.8 Å². The van der Waals surface area contributed by atoms with Crippen LogP contribution in [0.2, 0.25) is 0 Å². The Balaban J connectivity index is 2.72. The number of benzene rings is 1. The molecule has 0 aliphatic rings. The van der Waals surface area contributed by atoms with Crippen molar-refractivity contribution >= 4 is 0 Å². The first-order valence-corrected chi connectivity index (χ1v) is 5.05. The summed E-state index contributed by atoms with van der Waals surface area (Å²) in [6.07, 6.45) is -4.88. The van der Waals surface area contributed by atoms with Crippen molar-refractivity contribution in [3.8, 4) is 5.75 Å². The van der Waals surface area contributed by atoms with Gasteiger partial charge in [-0.1, -0.05) is 19.9 Å². The van der Waals surface area contributed by atoms with Gasteiger partial charge in [-0.15, -0.1) is 13.2 Å². The molecule has 0 spiro atoms. The van der Waals surface area contributed by atoms with Gasteiger partial charge in [-0.2, -0.15) is 0 Å². The number of hydrogen-bond acceptors (Lipinski definition) is 2. The second-order valence-electron chi connectivity index (χ2n) is 3.85. The van der Waals surface area contributed by atoms with Crippen molar-refractivity contribution in [1.82, 2.24) is 5.32 Å². The van der Waals surface area contributed by atoms with Crippen molar-refractivity contribution in [2.75, 3.05) is 0 Å². The molecule has 0 aliphatic heterocycles. The van der Waals surface area contributed by atoms with Crippen LogP contribution in [0.25, 0.3) is 0 Å². The maximum absolute atomic E-state index is 13.3. The summed E-state index contributed by atoms with van der Waals surface area (Å²) in [4.78, 5) is 0. The molecule has 17 heavy (non-hydrogen) atoms. The number of nitrogens with one attached hydrogen (secondary N) is 1. The smallest absolute Gasteiger partial charge is 0.403 e. The van der Waals surface area contributed by atoms with E-state index in [4.69, 9.17) is 0 Å². The van der Waals surface area contributed by atoms with Crippen LogP contribution in [0.5, 0.6) is 5.75 Å². The summed E-state index contributed by atoms with van der Waals surface area (Å²) in [7, 11) is 0. The molecule has 0 aromatic heterocycles. The number of hydrogen-bond donors (Lipinski definition) is 1. The highest BCUT2D eigenvalue weighted by Crippen LogP contribution is 2.25. The summed E-state index contributed by atoms with van der Waals surface area (Å²) < 4.78 is 52.4. The Hall–Kier alpha value is -1.30. The van der Waals surface area contributed by atoms with E-state index in [2.05, 4.69) is 10.1 Å². The highest BCUT2D eigenvalue weighted by molar-refractivity contribution is 5.29. The van der Waals surface area contributed by atoms with Gasteiger partial charge in [0.25, 0.3) is 0 Å². The van der Waals surface area contributed by atoms with Gasteiger partial charge < -0.3 is 10.1 Å². The maximum atomic E-state index is 13.3. The fourth-order valence-corrected chi connectivity index (χ4v) is 1.18. The average Bonchev–Trinajstić information content (AvgIpc) is 2.17. The van der Waals surface area contributed by atoms with Crippen LogP contribution in [0.4, 0.5) is 17.6 Å². The molecule has 96 valence electrons. The molecule has 2 nitrogen and oxygen atoms in total. The number of halogens is 4. The predicted octanol–water partition coefficient (Wildman–Crippen LogP) is 3.22. The van der Waals surface area contributed by atoms with Gasteiger partial charge in [0, 0.05) is 12.6 Å². The molecule has 1 aromatic rings. The van der Waals surface area contributed by atoms with Crippen LogP contribution in [0.1, 0.15) is 19.4 Å². The molecular formula is C11H13F4NO. The van der Waals surface area contributed by atoms with Crippen molar-refractivity contribution in [1.29, 1.82) is 0 Å². The van der Waals surface area contributed by atoms with Crippen molar-refractivity contribution in [3.05, 3.63) is 29.6 Å². The standard InChI is InChI=1S/C11H13F4NO/c1-7(2)16-6-8-3-4-10(9(12)5-8)17-11(13,14)15/h3-5,7,16H,6H2,1-2H3. The highest BCUT2D eigenvalue weighted by atomic mass is 19.4. The molecule has 0 unspecified atom stereocenters. The second kappa shape index (κ2) is 5.35. The lowest BCUT2D eigenvalue weighted by atomic mass is 10.2. The van der Waals surface area contributed by atoms with Crippen molar-refractivity contribution < 1.29 is 22.3 Å². The molecule has 0 fully saturated rings. The molecule has 0 aliphatic carbocycles. The Morgan fingerprint density at radius 3 is 2.41 bits per heavy atom. The van der Waals surface area contributed by atoms with Crippen LogP contribution >= 0.6 is 0 Å². The Kier molecular flexibility index (Phi) is 4.34. The molecule has 1 aromatic carbocycles. The van der Waals surface area contributed by atoms with Gasteiger partial charge in [0.05, 0.1) is 0 Å². The first-order chi connectivity index (χ1) is 7.78. The minimum atomic E-state index is -4.88. The largest absolute Gasteiger partial charge is 0.573 e. The fourth-order valence-electron chi connectivity index (χ4n) is 1.18. The molecular weight excluding hydrogens is 238 g/mol. The molecule has 0 radical (unpaired) electrons. The summed E-state index contributed by atoms with van der Waals surface area (Å²) >= 11 is 0. The van der Waals surface area contributed by atoms with Gasteiger partial charge in [0.2, 0.25) is 0 Å². The van der Waals surface area contributed by atoms with Crippen LogP contribution < -0.4 is 10.1 Å². The molecule has 0 atom stereocenters. The van der Waals surface area contributed by atoms with Gasteiger partial charge in [-0.25, -0.2) is 4.39 Å². The zero-order valence-electron chi connectivity index (χ0n) is 9.44. The first kappa shape index (κ1) is 13.8. The third-order valence-corrected chi connectivity index (χ3v) is 1.94. The van der Waals surface area contributed by atoms with E-state index in [0.29, 0.717) is 12.1 Å². The fraction of sp³-hybridized carbons (Fsp3) is 0.455. The second-order valence-corrected chi connectivity index (χ2v) is 3.85. The van der Waals surface area contributed by atoms with Gasteiger partial charge >= 0.3 is 6.36 Å². The normalized spacial score (nSPS) is 11.9. The van der Waals surface area contributed by atoms with Gasteiger partial charge in [0.1, 0.15) is 0 Å². The van der Waals surface area contributed by atoms with Crippen LogP contribution in [0, 0.1) is 5.82 Å². The molecule has 0 saturated carbocycles. The number of alkyl halides is 3. The lowest BCUT2D eigenvalue weighted by Crippen LogP contribution is -2.22. The van der Waals surface area contributed by atoms with Crippen molar-refractivity contribution in [2.24, 2.45) is 0 Å². The maximum Gasteiger partial charge on any atom is 0.573 e. The van der Waals surface area contributed by atoms with E-state index in [1.165, 1.54) is 6.07 Å². The van der Waals surface area contributed by atoms with E-state index >= 15 is 0 Å². The molecule has 0 saturated heterocycles. The Labute approximate surface area is 96.6 Å². The Bertz CT molecular complexity index is 376. The zero-order chi connectivity index (χ0) is 13.1. The van der Waals surface area contributed by atoms with Crippen LogP contribution in [0.15, 0.2) is 18.2 Å². The summed E-state index contributed by atoms with van der Waals surface area (Å²) in [5, 5.41) is 3.03. The monoisotopic (exact) mass is 251 g/mol. The van der Waals surface area contributed by atoms with E-state index in [1.807, 2.05) is 13.8 Å². The summed E-state index contributed by atoms with van der Waals surface area (Å²) in [5.41, 5.74) is 0.561. The third kappa shape index (κ3) is 5.04. The van der Waals surface area contributed by atoms with E-state index in [1.54, 1.807) is 0 Å². The SMILES string of the molecule is CC(C)NCc1ccc(OC(F)(F)F)c(F)c1.